The number of nitrogen functional groups attached to an aromatic ring is 1. The fourth-order valence-electron chi connectivity index (χ4n) is 1.15. The second kappa shape index (κ2) is 4.65. The molecule has 0 aromatic heterocycles. The van der Waals surface area contributed by atoms with E-state index in [9.17, 15) is 4.79 Å². The highest BCUT2D eigenvalue weighted by Gasteiger charge is 2.04. The summed E-state index contributed by atoms with van der Waals surface area (Å²) in [5, 5.41) is 2.81. The summed E-state index contributed by atoms with van der Waals surface area (Å²) in [7, 11) is 0. The number of hydrogen-bond donors (Lipinski definition) is 2. The molecule has 3 heteroatoms. The van der Waals surface area contributed by atoms with Gasteiger partial charge in [0, 0.05) is 17.8 Å². The Balaban J connectivity index is 2.52. The number of hydrogen-bond acceptors (Lipinski definition) is 2. The summed E-state index contributed by atoms with van der Waals surface area (Å²) in [5.74, 6) is 0.425. The average molecular weight is 192 g/mol. The van der Waals surface area contributed by atoms with Gasteiger partial charge in [-0.25, -0.2) is 0 Å². The molecule has 14 heavy (non-hydrogen) atoms. The third-order valence-electron chi connectivity index (χ3n) is 1.79. The molecule has 0 bridgehead atoms. The molecule has 0 saturated heterocycles. The fraction of sp³-hybridized carbons (Fsp3) is 0.364. The van der Waals surface area contributed by atoms with Gasteiger partial charge >= 0.3 is 0 Å². The molecule has 0 unspecified atom stereocenters. The number of amides is 1. The predicted octanol–water partition coefficient (Wildman–Crippen LogP) is 2.25. The zero-order chi connectivity index (χ0) is 10.6. The largest absolute Gasteiger partial charge is 0.399 e. The maximum atomic E-state index is 11.4. The second-order valence-electron chi connectivity index (χ2n) is 3.77. The molecule has 0 heterocycles. The van der Waals surface area contributed by atoms with E-state index in [1.165, 1.54) is 0 Å². The molecule has 0 aliphatic heterocycles. The number of nitrogens with two attached hydrogens (primary N) is 1. The summed E-state index contributed by atoms with van der Waals surface area (Å²) in [6, 6.07) is 7.14. The van der Waals surface area contributed by atoms with Crippen LogP contribution in [0.3, 0.4) is 0 Å². The van der Waals surface area contributed by atoms with Crippen LogP contribution in [0.2, 0.25) is 0 Å². The van der Waals surface area contributed by atoms with Crippen LogP contribution in [-0.2, 0) is 4.79 Å². The maximum Gasteiger partial charge on any atom is 0.224 e. The summed E-state index contributed by atoms with van der Waals surface area (Å²) in [5.41, 5.74) is 7.02. The van der Waals surface area contributed by atoms with Crippen LogP contribution in [0.1, 0.15) is 20.3 Å². The Bertz CT molecular complexity index is 304. The molecule has 76 valence electrons. The van der Waals surface area contributed by atoms with Crippen molar-refractivity contribution in [2.45, 2.75) is 20.3 Å². The summed E-state index contributed by atoms with van der Waals surface area (Å²) in [6.45, 7) is 4.03. The summed E-state index contributed by atoms with van der Waals surface area (Å²) < 4.78 is 0. The molecule has 3 N–H and O–H groups in total. The Kier molecular flexibility index (Phi) is 3.51. The first-order valence-electron chi connectivity index (χ1n) is 4.73. The van der Waals surface area contributed by atoms with Gasteiger partial charge in [0.1, 0.15) is 0 Å². The van der Waals surface area contributed by atoms with Crippen LogP contribution in [0.25, 0.3) is 0 Å². The number of anilines is 2. The van der Waals surface area contributed by atoms with E-state index in [0.717, 1.165) is 5.69 Å². The van der Waals surface area contributed by atoms with Gasteiger partial charge in [0.05, 0.1) is 0 Å². The first kappa shape index (κ1) is 10.6. The highest BCUT2D eigenvalue weighted by atomic mass is 16.1. The van der Waals surface area contributed by atoms with Crippen LogP contribution in [0.15, 0.2) is 24.3 Å². The van der Waals surface area contributed by atoms with Crippen LogP contribution in [0.4, 0.5) is 11.4 Å². The predicted molar refractivity (Wildman–Crippen MR) is 58.9 cm³/mol. The molecule has 0 aliphatic carbocycles. The highest BCUT2D eigenvalue weighted by Crippen LogP contribution is 2.11. The smallest absolute Gasteiger partial charge is 0.224 e. The van der Waals surface area contributed by atoms with Gasteiger partial charge < -0.3 is 11.1 Å². The van der Waals surface area contributed by atoms with E-state index in [4.69, 9.17) is 5.73 Å². The third-order valence-corrected chi connectivity index (χ3v) is 1.79. The number of nitrogens with one attached hydrogen (secondary N) is 1. The van der Waals surface area contributed by atoms with Gasteiger partial charge in [-0.1, -0.05) is 13.8 Å². The summed E-state index contributed by atoms with van der Waals surface area (Å²) in [6.07, 6.45) is 0.546. The lowest BCUT2D eigenvalue weighted by molar-refractivity contribution is -0.116. The Morgan fingerprint density at radius 2 is 1.93 bits per heavy atom. The van der Waals surface area contributed by atoms with Crippen molar-refractivity contribution in [2.24, 2.45) is 5.92 Å². The standard InChI is InChI=1S/C11H16N2O/c1-8(2)7-11(14)13-10-5-3-9(12)4-6-10/h3-6,8H,7,12H2,1-2H3,(H,13,14). The van der Waals surface area contributed by atoms with Gasteiger partial charge in [-0.05, 0) is 30.2 Å². The molecule has 1 rings (SSSR count). The Labute approximate surface area is 84.3 Å². The van der Waals surface area contributed by atoms with Crippen molar-refractivity contribution in [3.05, 3.63) is 24.3 Å². The van der Waals surface area contributed by atoms with Crippen LogP contribution in [0.5, 0.6) is 0 Å². The summed E-state index contributed by atoms with van der Waals surface area (Å²) in [4.78, 5) is 11.4. The maximum absolute atomic E-state index is 11.4. The van der Waals surface area contributed by atoms with Gasteiger partial charge in [0.15, 0.2) is 0 Å². The molecule has 0 radical (unpaired) electrons. The lowest BCUT2D eigenvalue weighted by Gasteiger charge is -2.06. The Morgan fingerprint density at radius 3 is 2.43 bits per heavy atom. The van der Waals surface area contributed by atoms with Crippen molar-refractivity contribution in [3.63, 3.8) is 0 Å². The molecule has 0 spiro atoms. The Hall–Kier alpha value is -1.51. The molecule has 1 aromatic carbocycles. The zero-order valence-electron chi connectivity index (χ0n) is 8.58. The lowest BCUT2D eigenvalue weighted by Crippen LogP contribution is -2.13. The Morgan fingerprint density at radius 1 is 1.36 bits per heavy atom. The number of carbonyl (C=O) groups is 1. The minimum absolute atomic E-state index is 0.0461. The first-order chi connectivity index (χ1) is 6.58. The van der Waals surface area contributed by atoms with Crippen molar-refractivity contribution in [2.75, 3.05) is 11.1 Å². The second-order valence-corrected chi connectivity index (χ2v) is 3.77. The van der Waals surface area contributed by atoms with Crippen molar-refractivity contribution in [3.8, 4) is 0 Å². The van der Waals surface area contributed by atoms with E-state index < -0.39 is 0 Å². The van der Waals surface area contributed by atoms with E-state index >= 15 is 0 Å². The molecule has 3 nitrogen and oxygen atoms in total. The van der Waals surface area contributed by atoms with Crippen LogP contribution in [-0.4, -0.2) is 5.91 Å². The lowest BCUT2D eigenvalue weighted by atomic mass is 10.1. The van der Waals surface area contributed by atoms with E-state index in [-0.39, 0.29) is 5.91 Å². The van der Waals surface area contributed by atoms with E-state index in [2.05, 4.69) is 5.32 Å². The van der Waals surface area contributed by atoms with Gasteiger partial charge in [0.2, 0.25) is 5.91 Å². The zero-order valence-corrected chi connectivity index (χ0v) is 8.58. The van der Waals surface area contributed by atoms with Gasteiger partial charge in [-0.15, -0.1) is 0 Å². The van der Waals surface area contributed by atoms with E-state index in [1.807, 2.05) is 13.8 Å². The quantitative estimate of drug-likeness (QED) is 0.722. The monoisotopic (exact) mass is 192 g/mol. The molecular weight excluding hydrogens is 176 g/mol. The normalized spacial score (nSPS) is 10.2. The minimum Gasteiger partial charge on any atom is -0.399 e. The van der Waals surface area contributed by atoms with Crippen LogP contribution in [0, 0.1) is 5.92 Å². The number of carbonyl (C=O) groups excluding carboxylic acids is 1. The van der Waals surface area contributed by atoms with Crippen molar-refractivity contribution < 1.29 is 4.79 Å². The fourth-order valence-corrected chi connectivity index (χ4v) is 1.15. The SMILES string of the molecule is CC(C)CC(=O)Nc1ccc(N)cc1. The van der Waals surface area contributed by atoms with Crippen molar-refractivity contribution in [1.29, 1.82) is 0 Å². The molecule has 1 aromatic rings. The van der Waals surface area contributed by atoms with Crippen LogP contribution < -0.4 is 11.1 Å². The molecular formula is C11H16N2O. The molecule has 0 fully saturated rings. The first-order valence-corrected chi connectivity index (χ1v) is 4.73. The van der Waals surface area contributed by atoms with Crippen molar-refractivity contribution in [1.82, 2.24) is 0 Å². The summed E-state index contributed by atoms with van der Waals surface area (Å²) >= 11 is 0. The molecule has 0 saturated carbocycles. The average Bonchev–Trinajstić information content (AvgIpc) is 2.07. The number of benzene rings is 1. The molecule has 0 aliphatic rings. The van der Waals surface area contributed by atoms with Gasteiger partial charge in [0.25, 0.3) is 0 Å². The van der Waals surface area contributed by atoms with Gasteiger partial charge in [-0.2, -0.15) is 0 Å². The van der Waals surface area contributed by atoms with E-state index in [1.54, 1.807) is 24.3 Å². The minimum atomic E-state index is 0.0461. The highest BCUT2D eigenvalue weighted by molar-refractivity contribution is 5.90. The molecule has 0 atom stereocenters. The van der Waals surface area contributed by atoms with E-state index in [0.29, 0.717) is 18.0 Å². The van der Waals surface area contributed by atoms with Crippen molar-refractivity contribution >= 4 is 17.3 Å². The number of rotatable bonds is 3. The van der Waals surface area contributed by atoms with Crippen LogP contribution >= 0.6 is 0 Å². The topological polar surface area (TPSA) is 55.1 Å². The third kappa shape index (κ3) is 3.47. The molecule has 1 amide bonds. The van der Waals surface area contributed by atoms with Gasteiger partial charge in [-0.3, -0.25) is 4.79 Å².